The Balaban J connectivity index is 1.55. The van der Waals surface area contributed by atoms with E-state index in [9.17, 15) is 14.4 Å². The van der Waals surface area contributed by atoms with Crippen molar-refractivity contribution in [3.63, 3.8) is 0 Å². The third kappa shape index (κ3) is 4.23. The lowest BCUT2D eigenvalue weighted by Crippen LogP contribution is -2.51. The number of nitrogens with zero attached hydrogens (tertiary/aromatic N) is 4. The highest BCUT2D eigenvalue weighted by Crippen LogP contribution is 2.17. The summed E-state index contributed by atoms with van der Waals surface area (Å²) in [5, 5.41) is 5.53. The number of piperazine rings is 1. The van der Waals surface area contributed by atoms with E-state index in [4.69, 9.17) is 4.42 Å². The summed E-state index contributed by atoms with van der Waals surface area (Å²) in [5.41, 5.74) is 0.120. The van der Waals surface area contributed by atoms with Crippen molar-refractivity contribution < 1.29 is 14.0 Å². The van der Waals surface area contributed by atoms with Crippen molar-refractivity contribution in [1.82, 2.24) is 19.6 Å². The maximum atomic E-state index is 13.3. The Hall–Kier alpha value is -3.42. The lowest BCUT2D eigenvalue weighted by molar-refractivity contribution is 0.0515. The molecule has 0 N–H and O–H groups in total. The van der Waals surface area contributed by atoms with Gasteiger partial charge in [-0.15, -0.1) is 0 Å². The van der Waals surface area contributed by atoms with E-state index >= 15 is 0 Å². The maximum absolute atomic E-state index is 13.3. The molecule has 4 rings (SSSR count). The minimum atomic E-state index is -0.217. The number of furan rings is 1. The van der Waals surface area contributed by atoms with E-state index in [0.29, 0.717) is 49.3 Å². The monoisotopic (exact) mass is 422 g/mol. The van der Waals surface area contributed by atoms with E-state index in [-0.39, 0.29) is 23.1 Å². The van der Waals surface area contributed by atoms with Crippen LogP contribution in [0.25, 0.3) is 10.8 Å². The van der Waals surface area contributed by atoms with Gasteiger partial charge in [0.15, 0.2) is 11.5 Å². The molecule has 0 bridgehead atoms. The van der Waals surface area contributed by atoms with Gasteiger partial charge in [0.2, 0.25) is 0 Å². The number of benzene rings is 1. The van der Waals surface area contributed by atoms with Crippen LogP contribution in [0.2, 0.25) is 0 Å². The van der Waals surface area contributed by atoms with Gasteiger partial charge in [0.25, 0.3) is 17.4 Å². The lowest BCUT2D eigenvalue weighted by Gasteiger charge is -2.34. The van der Waals surface area contributed by atoms with Gasteiger partial charge in [0.05, 0.1) is 11.6 Å². The van der Waals surface area contributed by atoms with Gasteiger partial charge in [0.1, 0.15) is 0 Å². The van der Waals surface area contributed by atoms with Crippen LogP contribution in [0, 0.1) is 0 Å². The number of hydrogen-bond donors (Lipinski definition) is 0. The fourth-order valence-corrected chi connectivity index (χ4v) is 3.87. The van der Waals surface area contributed by atoms with E-state index < -0.39 is 0 Å². The van der Waals surface area contributed by atoms with Gasteiger partial charge >= 0.3 is 0 Å². The van der Waals surface area contributed by atoms with Gasteiger partial charge in [-0.2, -0.15) is 5.10 Å². The first-order valence-corrected chi connectivity index (χ1v) is 10.7. The summed E-state index contributed by atoms with van der Waals surface area (Å²) in [7, 11) is 0. The number of aromatic nitrogens is 2. The molecule has 0 radical (unpaired) electrons. The molecule has 3 aromatic rings. The van der Waals surface area contributed by atoms with Crippen LogP contribution in [0.4, 0.5) is 0 Å². The molecule has 0 spiro atoms. The van der Waals surface area contributed by atoms with Crippen molar-refractivity contribution in [2.24, 2.45) is 0 Å². The first kappa shape index (κ1) is 20.8. The second-order valence-electron chi connectivity index (χ2n) is 7.69. The highest BCUT2D eigenvalue weighted by Gasteiger charge is 2.28. The molecule has 0 aliphatic carbocycles. The smallest absolute Gasteiger partial charge is 0.289 e. The van der Waals surface area contributed by atoms with Crippen molar-refractivity contribution in [2.75, 3.05) is 26.2 Å². The summed E-state index contributed by atoms with van der Waals surface area (Å²) in [4.78, 5) is 42.0. The predicted molar refractivity (Wildman–Crippen MR) is 116 cm³/mol. The van der Waals surface area contributed by atoms with Crippen LogP contribution in [-0.2, 0) is 6.54 Å². The molecule has 3 heterocycles. The number of amides is 2. The number of hydrogen-bond acceptors (Lipinski definition) is 5. The van der Waals surface area contributed by atoms with Crippen molar-refractivity contribution in [2.45, 2.75) is 32.7 Å². The molecule has 1 aliphatic heterocycles. The molecule has 0 saturated carbocycles. The van der Waals surface area contributed by atoms with Gasteiger partial charge in [-0.05, 0) is 24.6 Å². The van der Waals surface area contributed by atoms with Crippen molar-refractivity contribution >= 4 is 22.6 Å². The summed E-state index contributed by atoms with van der Waals surface area (Å²) in [5.74, 6) is -0.0951. The first-order valence-electron chi connectivity index (χ1n) is 10.7. The van der Waals surface area contributed by atoms with Crippen LogP contribution in [0.15, 0.2) is 51.9 Å². The van der Waals surface area contributed by atoms with E-state index in [2.05, 4.69) is 12.0 Å². The number of aryl methyl sites for hydroxylation is 1. The minimum Gasteiger partial charge on any atom is -0.459 e. The Kier molecular flexibility index (Phi) is 6.16. The van der Waals surface area contributed by atoms with E-state index in [1.165, 1.54) is 10.9 Å². The van der Waals surface area contributed by atoms with E-state index in [0.717, 1.165) is 19.3 Å². The topological polar surface area (TPSA) is 88.7 Å². The number of carbonyl (C=O) groups excluding carboxylic acids is 2. The van der Waals surface area contributed by atoms with Crippen molar-refractivity contribution in [3.8, 4) is 0 Å². The predicted octanol–water partition coefficient (Wildman–Crippen LogP) is 2.78. The average molecular weight is 422 g/mol. The third-order valence-corrected chi connectivity index (χ3v) is 5.63. The molecule has 2 aromatic heterocycles. The molecule has 1 aliphatic rings. The normalized spacial score (nSPS) is 14.2. The Morgan fingerprint density at radius 1 is 0.935 bits per heavy atom. The quantitative estimate of drug-likeness (QED) is 0.570. The average Bonchev–Trinajstić information content (AvgIpc) is 3.35. The molecular weight excluding hydrogens is 396 g/mol. The highest BCUT2D eigenvalue weighted by molar-refractivity contribution is 6.04. The molecule has 31 heavy (non-hydrogen) atoms. The molecule has 8 heteroatoms. The van der Waals surface area contributed by atoms with Crippen molar-refractivity contribution in [1.29, 1.82) is 0 Å². The molecule has 8 nitrogen and oxygen atoms in total. The second kappa shape index (κ2) is 9.16. The molecule has 1 fully saturated rings. The molecule has 1 aromatic carbocycles. The summed E-state index contributed by atoms with van der Waals surface area (Å²) < 4.78 is 6.61. The van der Waals surface area contributed by atoms with Gasteiger partial charge in [-0.3, -0.25) is 14.4 Å². The third-order valence-electron chi connectivity index (χ3n) is 5.63. The summed E-state index contributed by atoms with van der Waals surface area (Å²) in [6, 6.07) is 10.4. The maximum Gasteiger partial charge on any atom is 0.289 e. The van der Waals surface area contributed by atoms with Crippen LogP contribution in [0.3, 0.4) is 0 Å². The fraction of sp³-hybridized carbons (Fsp3) is 0.391. The zero-order valence-electron chi connectivity index (χ0n) is 17.6. The fourth-order valence-electron chi connectivity index (χ4n) is 3.87. The summed E-state index contributed by atoms with van der Waals surface area (Å²) in [6.45, 7) is 4.22. The standard InChI is InChI=1S/C23H26N4O4/c1-2-3-6-11-27-21(28)18-9-5-4-8-17(18)20(24-27)23(30)26-14-12-25(13-15-26)22(29)19-10-7-16-31-19/h4-5,7-10,16H,2-3,6,11-15H2,1H3. The van der Waals surface area contributed by atoms with Gasteiger partial charge in [-0.1, -0.05) is 38.0 Å². The number of rotatable bonds is 6. The molecular formula is C23H26N4O4. The van der Waals surface area contributed by atoms with E-state index in [1.54, 1.807) is 40.1 Å². The highest BCUT2D eigenvalue weighted by atomic mass is 16.3. The number of fused-ring (bicyclic) bond motifs is 1. The SMILES string of the molecule is CCCCCn1nc(C(=O)N2CCN(C(=O)c3ccco3)CC2)c2ccccc2c1=O. The van der Waals surface area contributed by atoms with E-state index in [1.807, 2.05) is 6.07 Å². The van der Waals surface area contributed by atoms with Crippen LogP contribution in [0.1, 0.15) is 47.2 Å². The minimum absolute atomic E-state index is 0.169. The van der Waals surface area contributed by atoms with Crippen LogP contribution in [-0.4, -0.2) is 57.6 Å². The molecule has 1 saturated heterocycles. The number of carbonyl (C=O) groups is 2. The Labute approximate surface area is 180 Å². The Morgan fingerprint density at radius 3 is 2.26 bits per heavy atom. The lowest BCUT2D eigenvalue weighted by atomic mass is 10.1. The Bertz CT molecular complexity index is 1130. The first-order chi connectivity index (χ1) is 15.1. The van der Waals surface area contributed by atoms with Gasteiger partial charge in [0, 0.05) is 38.1 Å². The zero-order chi connectivity index (χ0) is 21.8. The molecule has 162 valence electrons. The van der Waals surface area contributed by atoms with Crippen LogP contribution in [0.5, 0.6) is 0 Å². The van der Waals surface area contributed by atoms with Gasteiger partial charge in [-0.25, -0.2) is 4.68 Å². The summed E-state index contributed by atoms with van der Waals surface area (Å²) >= 11 is 0. The van der Waals surface area contributed by atoms with Crippen LogP contribution >= 0.6 is 0 Å². The van der Waals surface area contributed by atoms with Crippen LogP contribution < -0.4 is 5.56 Å². The van der Waals surface area contributed by atoms with Crippen molar-refractivity contribution in [3.05, 3.63) is 64.5 Å². The van der Waals surface area contributed by atoms with Gasteiger partial charge < -0.3 is 14.2 Å². The largest absolute Gasteiger partial charge is 0.459 e. The molecule has 0 atom stereocenters. The molecule has 0 unspecified atom stereocenters. The Morgan fingerprint density at radius 2 is 1.61 bits per heavy atom. The summed E-state index contributed by atoms with van der Waals surface area (Å²) in [6.07, 6.45) is 4.34. The zero-order valence-corrected chi connectivity index (χ0v) is 17.6. The number of unbranched alkanes of at least 4 members (excludes halogenated alkanes) is 2. The second-order valence-corrected chi connectivity index (χ2v) is 7.69. The molecule has 2 amide bonds.